The van der Waals surface area contributed by atoms with Crippen LogP contribution in [0.2, 0.25) is 0 Å². The molecule has 8 heteroatoms. The molecule has 0 fully saturated rings. The quantitative estimate of drug-likeness (QED) is 0.712. The van der Waals surface area contributed by atoms with Crippen molar-refractivity contribution in [2.24, 2.45) is 0 Å². The van der Waals surface area contributed by atoms with Crippen molar-refractivity contribution in [1.29, 1.82) is 0 Å². The minimum absolute atomic E-state index is 0.290. The second-order valence-corrected chi connectivity index (χ2v) is 5.23. The van der Waals surface area contributed by atoms with Crippen LogP contribution in [0.4, 0.5) is 16.2 Å². The molecule has 0 atom stereocenters. The summed E-state index contributed by atoms with van der Waals surface area (Å²) in [5.41, 5.74) is 1.93. The van der Waals surface area contributed by atoms with Gasteiger partial charge in [-0.25, -0.2) is 19.1 Å². The van der Waals surface area contributed by atoms with Crippen molar-refractivity contribution < 1.29 is 14.3 Å². The Morgan fingerprint density at radius 2 is 2.04 bits per heavy atom. The molecule has 25 heavy (non-hydrogen) atoms. The smallest absolute Gasteiger partial charge is 0.338 e. The van der Waals surface area contributed by atoms with Crippen LogP contribution in [0.15, 0.2) is 42.6 Å². The van der Waals surface area contributed by atoms with Crippen molar-refractivity contribution in [1.82, 2.24) is 14.6 Å². The van der Waals surface area contributed by atoms with E-state index in [-0.39, 0.29) is 0 Å². The number of hydrogen-bond donors (Lipinski definition) is 2. The molecule has 2 N–H and O–H groups in total. The van der Waals surface area contributed by atoms with Gasteiger partial charge in [-0.15, -0.1) is 0 Å². The van der Waals surface area contributed by atoms with E-state index in [2.05, 4.69) is 20.7 Å². The second-order valence-electron chi connectivity index (χ2n) is 5.23. The first-order chi connectivity index (χ1) is 12.1. The molecule has 0 aliphatic rings. The number of aromatic nitrogens is 3. The summed E-state index contributed by atoms with van der Waals surface area (Å²) in [6.07, 6.45) is 1.75. The van der Waals surface area contributed by atoms with Gasteiger partial charge in [-0.05, 0) is 44.2 Å². The fourth-order valence-corrected chi connectivity index (χ4v) is 2.33. The molecule has 0 aliphatic heterocycles. The minimum atomic E-state index is -0.449. The number of esters is 1. The summed E-state index contributed by atoms with van der Waals surface area (Å²) in [4.78, 5) is 28.3. The fraction of sp³-hybridized carbons (Fsp3) is 0.176. The first kappa shape index (κ1) is 16.4. The number of pyridine rings is 1. The van der Waals surface area contributed by atoms with Crippen LogP contribution >= 0.6 is 0 Å². The van der Waals surface area contributed by atoms with Crippen LogP contribution < -0.4 is 10.6 Å². The number of ether oxygens (including phenoxy) is 1. The molecule has 1 aromatic carbocycles. The summed E-state index contributed by atoms with van der Waals surface area (Å²) in [6, 6.07) is 9.58. The largest absolute Gasteiger partial charge is 0.462 e. The van der Waals surface area contributed by atoms with E-state index in [0.717, 1.165) is 0 Å². The van der Waals surface area contributed by atoms with Gasteiger partial charge in [0, 0.05) is 11.9 Å². The number of carbonyl (C=O) groups is 2. The van der Waals surface area contributed by atoms with Crippen molar-refractivity contribution in [2.75, 3.05) is 17.2 Å². The van der Waals surface area contributed by atoms with E-state index in [1.54, 1.807) is 61.0 Å². The molecule has 0 saturated carbocycles. The average molecular weight is 339 g/mol. The number of anilines is 2. The monoisotopic (exact) mass is 339 g/mol. The van der Waals surface area contributed by atoms with Crippen molar-refractivity contribution >= 4 is 29.0 Å². The van der Waals surface area contributed by atoms with Gasteiger partial charge in [0.05, 0.1) is 17.9 Å². The molecule has 0 unspecified atom stereocenters. The molecule has 3 aromatic rings. The maximum Gasteiger partial charge on any atom is 0.338 e. The van der Waals surface area contributed by atoms with Crippen LogP contribution in [0.25, 0.3) is 5.65 Å². The second kappa shape index (κ2) is 7.00. The Morgan fingerprint density at radius 3 is 2.84 bits per heavy atom. The number of rotatable bonds is 4. The lowest BCUT2D eigenvalue weighted by molar-refractivity contribution is 0.0526. The van der Waals surface area contributed by atoms with Gasteiger partial charge in [0.15, 0.2) is 5.65 Å². The molecule has 128 valence electrons. The standard InChI is InChI=1S/C17H17N5O3/c1-3-25-16(23)12-6-4-7-13(10-12)19-17(24)20-14-8-5-9-22-15(14)18-11(2)21-22/h4-10H,3H2,1-2H3,(H2,19,20,24). The summed E-state index contributed by atoms with van der Waals surface area (Å²) < 4.78 is 6.54. The van der Waals surface area contributed by atoms with Gasteiger partial charge < -0.3 is 15.4 Å². The highest BCUT2D eigenvalue weighted by molar-refractivity contribution is 6.02. The van der Waals surface area contributed by atoms with Crippen molar-refractivity contribution in [3.05, 3.63) is 54.0 Å². The van der Waals surface area contributed by atoms with E-state index >= 15 is 0 Å². The molecular formula is C17H17N5O3. The molecule has 0 bridgehead atoms. The Balaban J connectivity index is 1.74. The summed E-state index contributed by atoms with van der Waals surface area (Å²) >= 11 is 0. The average Bonchev–Trinajstić information content (AvgIpc) is 2.96. The topological polar surface area (TPSA) is 97.6 Å². The number of benzene rings is 1. The Kier molecular flexibility index (Phi) is 4.60. The third kappa shape index (κ3) is 3.74. The maximum absolute atomic E-state index is 12.2. The molecule has 0 spiro atoms. The van der Waals surface area contributed by atoms with Crippen LogP contribution in [-0.2, 0) is 4.74 Å². The number of urea groups is 1. The van der Waals surface area contributed by atoms with E-state index in [9.17, 15) is 9.59 Å². The minimum Gasteiger partial charge on any atom is -0.462 e. The third-order valence-electron chi connectivity index (χ3n) is 3.35. The summed E-state index contributed by atoms with van der Waals surface area (Å²) in [5.74, 6) is 0.173. The normalized spacial score (nSPS) is 10.5. The number of fused-ring (bicyclic) bond motifs is 1. The Labute approximate surface area is 143 Å². The number of amides is 2. The first-order valence-electron chi connectivity index (χ1n) is 7.74. The van der Waals surface area contributed by atoms with Gasteiger partial charge in [0.25, 0.3) is 0 Å². The number of aryl methyl sites for hydroxylation is 1. The molecule has 2 heterocycles. The van der Waals surface area contributed by atoms with Crippen LogP contribution in [0.5, 0.6) is 0 Å². The molecule has 2 aromatic heterocycles. The Morgan fingerprint density at radius 1 is 1.20 bits per heavy atom. The Hall–Kier alpha value is -3.42. The zero-order valence-corrected chi connectivity index (χ0v) is 13.8. The summed E-state index contributed by atoms with van der Waals surface area (Å²) in [6.45, 7) is 3.80. The number of carbonyl (C=O) groups excluding carboxylic acids is 2. The highest BCUT2D eigenvalue weighted by Crippen LogP contribution is 2.16. The van der Waals surface area contributed by atoms with Crippen molar-refractivity contribution in [3.8, 4) is 0 Å². The van der Waals surface area contributed by atoms with Gasteiger partial charge in [0.1, 0.15) is 5.82 Å². The molecule has 0 radical (unpaired) electrons. The zero-order valence-electron chi connectivity index (χ0n) is 13.8. The van der Waals surface area contributed by atoms with E-state index in [1.165, 1.54) is 0 Å². The van der Waals surface area contributed by atoms with E-state index in [0.29, 0.717) is 35.0 Å². The first-order valence-corrected chi connectivity index (χ1v) is 7.74. The fourth-order valence-electron chi connectivity index (χ4n) is 2.33. The lowest BCUT2D eigenvalue weighted by Crippen LogP contribution is -2.20. The lowest BCUT2D eigenvalue weighted by Gasteiger charge is -2.09. The Bertz CT molecular complexity index is 935. The van der Waals surface area contributed by atoms with Crippen molar-refractivity contribution in [2.45, 2.75) is 13.8 Å². The van der Waals surface area contributed by atoms with Crippen molar-refractivity contribution in [3.63, 3.8) is 0 Å². The molecular weight excluding hydrogens is 322 g/mol. The van der Waals surface area contributed by atoms with Crippen LogP contribution in [0.3, 0.4) is 0 Å². The van der Waals surface area contributed by atoms with E-state index in [4.69, 9.17) is 4.74 Å². The molecule has 0 saturated heterocycles. The number of nitrogens with one attached hydrogen (secondary N) is 2. The molecule has 8 nitrogen and oxygen atoms in total. The van der Waals surface area contributed by atoms with Gasteiger partial charge in [-0.3, -0.25) is 0 Å². The van der Waals surface area contributed by atoms with Gasteiger partial charge in [-0.1, -0.05) is 6.07 Å². The van der Waals surface area contributed by atoms with Crippen LogP contribution in [0.1, 0.15) is 23.1 Å². The number of nitrogens with zero attached hydrogens (tertiary/aromatic N) is 3. The lowest BCUT2D eigenvalue weighted by atomic mass is 10.2. The SMILES string of the molecule is CCOC(=O)c1cccc(NC(=O)Nc2cccn3nc(C)nc23)c1. The van der Waals surface area contributed by atoms with Gasteiger partial charge >= 0.3 is 12.0 Å². The van der Waals surface area contributed by atoms with Crippen LogP contribution in [-0.4, -0.2) is 33.2 Å². The van der Waals surface area contributed by atoms with E-state index in [1.807, 2.05) is 0 Å². The maximum atomic E-state index is 12.2. The molecule has 2 amide bonds. The highest BCUT2D eigenvalue weighted by atomic mass is 16.5. The summed E-state index contributed by atoms with van der Waals surface area (Å²) in [7, 11) is 0. The highest BCUT2D eigenvalue weighted by Gasteiger charge is 2.11. The van der Waals surface area contributed by atoms with Gasteiger partial charge in [0.2, 0.25) is 0 Å². The van der Waals surface area contributed by atoms with Crippen LogP contribution in [0, 0.1) is 6.92 Å². The molecule has 0 aliphatic carbocycles. The molecule has 3 rings (SSSR count). The third-order valence-corrected chi connectivity index (χ3v) is 3.35. The predicted molar refractivity (Wildman–Crippen MR) is 92.8 cm³/mol. The predicted octanol–water partition coefficient (Wildman–Crippen LogP) is 2.86. The van der Waals surface area contributed by atoms with E-state index < -0.39 is 12.0 Å². The summed E-state index contributed by atoms with van der Waals surface area (Å²) in [5, 5.41) is 9.61. The van der Waals surface area contributed by atoms with Gasteiger partial charge in [-0.2, -0.15) is 5.10 Å². The number of hydrogen-bond acceptors (Lipinski definition) is 5. The zero-order chi connectivity index (χ0) is 17.8.